The molecule has 98 valence electrons. The third-order valence-corrected chi connectivity index (χ3v) is 5.23. The zero-order chi connectivity index (χ0) is 13.4. The van der Waals surface area contributed by atoms with Crippen molar-refractivity contribution in [3.63, 3.8) is 0 Å². The lowest BCUT2D eigenvalue weighted by Crippen LogP contribution is -2.64. The predicted octanol–water partition coefficient (Wildman–Crippen LogP) is -1.00. The van der Waals surface area contributed by atoms with Gasteiger partial charge in [-0.3, -0.25) is 9.59 Å². The molecule has 0 bridgehead atoms. The molecule has 1 fully saturated rings. The number of amides is 1. The molecule has 1 rings (SSSR count). The maximum absolute atomic E-state index is 12.1. The Labute approximate surface area is 99.8 Å². The molecule has 17 heavy (non-hydrogen) atoms. The van der Waals surface area contributed by atoms with Crippen LogP contribution in [0, 0.1) is 0 Å². The SMILES string of the molecule is CC(C(=O)O)S(=O)(=O)N1CCNC(=O)C1(C)C. The number of sulfonamides is 1. The molecule has 8 heteroatoms. The number of nitrogens with one attached hydrogen (secondary N) is 1. The lowest BCUT2D eigenvalue weighted by molar-refractivity contribution is -0.137. The topological polar surface area (TPSA) is 104 Å². The highest BCUT2D eigenvalue weighted by Gasteiger charge is 2.47. The van der Waals surface area contributed by atoms with Crippen molar-refractivity contribution in [2.75, 3.05) is 13.1 Å². The van der Waals surface area contributed by atoms with Crippen LogP contribution < -0.4 is 5.32 Å². The first-order chi connectivity index (χ1) is 7.61. The van der Waals surface area contributed by atoms with Crippen molar-refractivity contribution in [1.82, 2.24) is 9.62 Å². The summed E-state index contributed by atoms with van der Waals surface area (Å²) in [6.45, 7) is 4.27. The van der Waals surface area contributed by atoms with Crippen molar-refractivity contribution < 1.29 is 23.1 Å². The van der Waals surface area contributed by atoms with Gasteiger partial charge in [0.05, 0.1) is 0 Å². The Kier molecular flexibility index (Phi) is 3.49. The van der Waals surface area contributed by atoms with Gasteiger partial charge in [-0.15, -0.1) is 0 Å². The maximum atomic E-state index is 12.1. The highest BCUT2D eigenvalue weighted by molar-refractivity contribution is 7.90. The predicted molar refractivity (Wildman–Crippen MR) is 59.8 cm³/mol. The fourth-order valence-electron chi connectivity index (χ4n) is 1.64. The molecule has 7 nitrogen and oxygen atoms in total. The third kappa shape index (κ3) is 2.27. The minimum atomic E-state index is -4.03. The van der Waals surface area contributed by atoms with Gasteiger partial charge in [-0.1, -0.05) is 0 Å². The second kappa shape index (κ2) is 4.26. The Morgan fingerprint density at radius 3 is 2.53 bits per heavy atom. The number of carbonyl (C=O) groups is 2. The minimum Gasteiger partial charge on any atom is -0.480 e. The van der Waals surface area contributed by atoms with E-state index in [0.29, 0.717) is 0 Å². The van der Waals surface area contributed by atoms with E-state index in [1.54, 1.807) is 0 Å². The summed E-state index contributed by atoms with van der Waals surface area (Å²) < 4.78 is 25.1. The van der Waals surface area contributed by atoms with Crippen LogP contribution in [0.3, 0.4) is 0 Å². The largest absolute Gasteiger partial charge is 0.480 e. The van der Waals surface area contributed by atoms with Crippen LogP contribution in [-0.4, -0.2) is 53.6 Å². The van der Waals surface area contributed by atoms with Crippen LogP contribution in [0.2, 0.25) is 0 Å². The van der Waals surface area contributed by atoms with Crippen LogP contribution >= 0.6 is 0 Å². The van der Waals surface area contributed by atoms with E-state index < -0.39 is 32.7 Å². The van der Waals surface area contributed by atoms with Crippen molar-refractivity contribution in [3.8, 4) is 0 Å². The molecule has 0 saturated carbocycles. The van der Waals surface area contributed by atoms with Crippen LogP contribution in [-0.2, 0) is 19.6 Å². The number of nitrogens with zero attached hydrogens (tertiary/aromatic N) is 1. The average molecular weight is 264 g/mol. The Morgan fingerprint density at radius 1 is 1.53 bits per heavy atom. The van der Waals surface area contributed by atoms with E-state index in [1.807, 2.05) is 0 Å². The first-order valence-electron chi connectivity index (χ1n) is 5.14. The van der Waals surface area contributed by atoms with Gasteiger partial charge < -0.3 is 10.4 Å². The molecule has 0 radical (unpaired) electrons. The van der Waals surface area contributed by atoms with Crippen molar-refractivity contribution in [3.05, 3.63) is 0 Å². The molecular formula is C9H16N2O5S. The molecule has 1 unspecified atom stereocenters. The van der Waals surface area contributed by atoms with Crippen LogP contribution in [0.5, 0.6) is 0 Å². The molecule has 0 aromatic rings. The normalized spacial score (nSPS) is 22.9. The number of rotatable bonds is 3. The number of hydrogen-bond donors (Lipinski definition) is 2. The van der Waals surface area contributed by atoms with Gasteiger partial charge in [0.1, 0.15) is 5.54 Å². The van der Waals surface area contributed by atoms with Gasteiger partial charge in [0, 0.05) is 13.1 Å². The average Bonchev–Trinajstić information content (AvgIpc) is 2.20. The lowest BCUT2D eigenvalue weighted by atomic mass is 10.0. The van der Waals surface area contributed by atoms with Crippen LogP contribution in [0.4, 0.5) is 0 Å². The first-order valence-corrected chi connectivity index (χ1v) is 6.65. The molecule has 1 atom stereocenters. The number of piperazine rings is 1. The lowest BCUT2D eigenvalue weighted by Gasteiger charge is -2.40. The van der Waals surface area contributed by atoms with E-state index in [1.165, 1.54) is 13.8 Å². The van der Waals surface area contributed by atoms with Gasteiger partial charge in [0.25, 0.3) is 0 Å². The summed E-state index contributed by atoms with van der Waals surface area (Å²) in [7, 11) is -4.03. The second-order valence-electron chi connectivity index (χ2n) is 4.41. The van der Waals surface area contributed by atoms with E-state index in [0.717, 1.165) is 11.2 Å². The van der Waals surface area contributed by atoms with Crippen molar-refractivity contribution in [2.24, 2.45) is 0 Å². The molecule has 2 N–H and O–H groups in total. The summed E-state index contributed by atoms with van der Waals surface area (Å²) in [5, 5.41) is 9.77. The summed E-state index contributed by atoms with van der Waals surface area (Å²) in [5.74, 6) is -1.85. The Bertz CT molecular complexity index is 442. The van der Waals surface area contributed by atoms with Crippen molar-refractivity contribution in [2.45, 2.75) is 31.6 Å². The molecular weight excluding hydrogens is 248 g/mol. The molecule has 1 aliphatic heterocycles. The zero-order valence-electron chi connectivity index (χ0n) is 9.93. The first kappa shape index (κ1) is 13.9. The van der Waals surface area contributed by atoms with Crippen molar-refractivity contribution >= 4 is 21.9 Å². The fourth-order valence-corrected chi connectivity index (χ4v) is 3.35. The standard InChI is InChI=1S/C9H16N2O5S/c1-6(7(12)13)17(15,16)11-5-4-10-8(14)9(11,2)3/h6H,4-5H2,1-3H3,(H,10,14)(H,12,13). The number of carboxylic acids is 1. The summed E-state index contributed by atoms with van der Waals surface area (Å²) in [5.41, 5.74) is -1.26. The highest BCUT2D eigenvalue weighted by atomic mass is 32.2. The molecule has 0 aromatic carbocycles. The number of carbonyl (C=O) groups excluding carboxylic acids is 1. The smallest absolute Gasteiger partial charge is 0.323 e. The number of carboxylic acid groups (broad SMARTS) is 1. The Balaban J connectivity index is 3.15. The fraction of sp³-hybridized carbons (Fsp3) is 0.778. The van der Waals surface area contributed by atoms with E-state index in [4.69, 9.17) is 5.11 Å². The van der Waals surface area contributed by atoms with Gasteiger partial charge in [0.2, 0.25) is 15.9 Å². The molecule has 1 heterocycles. The minimum absolute atomic E-state index is 0.0820. The van der Waals surface area contributed by atoms with Crippen LogP contribution in [0.25, 0.3) is 0 Å². The van der Waals surface area contributed by atoms with Gasteiger partial charge in [-0.2, -0.15) is 4.31 Å². The quantitative estimate of drug-likeness (QED) is 0.680. The monoisotopic (exact) mass is 264 g/mol. The Morgan fingerprint density at radius 2 is 2.06 bits per heavy atom. The molecule has 0 spiro atoms. The van der Waals surface area contributed by atoms with Gasteiger partial charge in [-0.05, 0) is 20.8 Å². The summed E-state index contributed by atoms with van der Waals surface area (Å²) >= 11 is 0. The summed E-state index contributed by atoms with van der Waals surface area (Å²) in [6, 6.07) is 0. The highest BCUT2D eigenvalue weighted by Crippen LogP contribution is 2.24. The van der Waals surface area contributed by atoms with E-state index in [9.17, 15) is 18.0 Å². The van der Waals surface area contributed by atoms with E-state index in [-0.39, 0.29) is 13.1 Å². The van der Waals surface area contributed by atoms with Gasteiger partial charge in [-0.25, -0.2) is 8.42 Å². The molecule has 0 aromatic heterocycles. The third-order valence-electron chi connectivity index (χ3n) is 2.88. The van der Waals surface area contributed by atoms with E-state index in [2.05, 4.69) is 5.32 Å². The summed E-state index contributed by atoms with van der Waals surface area (Å²) in [4.78, 5) is 22.4. The summed E-state index contributed by atoms with van der Waals surface area (Å²) in [6.07, 6.45) is 0. The number of hydrogen-bond acceptors (Lipinski definition) is 4. The van der Waals surface area contributed by atoms with Gasteiger partial charge >= 0.3 is 5.97 Å². The van der Waals surface area contributed by atoms with Gasteiger partial charge in [0.15, 0.2) is 5.25 Å². The molecule has 0 aliphatic carbocycles. The molecule has 1 amide bonds. The molecule has 1 saturated heterocycles. The second-order valence-corrected chi connectivity index (χ2v) is 6.59. The molecule has 1 aliphatic rings. The van der Waals surface area contributed by atoms with Crippen LogP contribution in [0.15, 0.2) is 0 Å². The van der Waals surface area contributed by atoms with Crippen molar-refractivity contribution in [1.29, 1.82) is 0 Å². The van der Waals surface area contributed by atoms with Crippen LogP contribution in [0.1, 0.15) is 20.8 Å². The van der Waals surface area contributed by atoms with E-state index >= 15 is 0 Å². The number of aliphatic carboxylic acids is 1. The maximum Gasteiger partial charge on any atom is 0.323 e. The Hall–Kier alpha value is -1.15. The zero-order valence-corrected chi connectivity index (χ0v) is 10.7.